The molecule has 5 nitrogen and oxygen atoms in total. The highest BCUT2D eigenvalue weighted by Gasteiger charge is 2.17. The zero-order valence-electron chi connectivity index (χ0n) is 18.1. The van der Waals surface area contributed by atoms with E-state index in [2.05, 4.69) is 67.9 Å². The lowest BCUT2D eigenvalue weighted by atomic mass is 9.94. The van der Waals surface area contributed by atoms with Crippen molar-refractivity contribution in [2.45, 2.75) is 47.1 Å². The molecule has 0 aliphatic carbocycles. The minimum Gasteiger partial charge on any atom is -0.326 e. The molecular weight excluding hydrogens is 362 g/mol. The molecule has 3 N–H and O–H groups in total. The number of nitrogens with one attached hydrogen (secondary N) is 3. The van der Waals surface area contributed by atoms with Gasteiger partial charge in [0.05, 0.1) is 6.54 Å². The van der Waals surface area contributed by atoms with E-state index in [-0.39, 0.29) is 24.4 Å². The van der Waals surface area contributed by atoms with Crippen molar-refractivity contribution in [1.82, 2.24) is 5.32 Å². The summed E-state index contributed by atoms with van der Waals surface area (Å²) in [7, 11) is 0. The maximum absolute atomic E-state index is 12.4. The van der Waals surface area contributed by atoms with Gasteiger partial charge in [-0.15, -0.1) is 0 Å². The Kier molecular flexibility index (Phi) is 8.40. The second kappa shape index (κ2) is 10.8. The van der Waals surface area contributed by atoms with Crippen LogP contribution in [0.3, 0.4) is 0 Å². The van der Waals surface area contributed by atoms with E-state index < -0.39 is 0 Å². The van der Waals surface area contributed by atoms with Crippen LogP contribution in [0, 0.1) is 11.8 Å². The Morgan fingerprint density at radius 2 is 1.38 bits per heavy atom. The molecule has 1 atom stereocenters. The van der Waals surface area contributed by atoms with Gasteiger partial charge in [-0.1, -0.05) is 52.0 Å². The monoisotopic (exact) mass is 395 g/mol. The molecule has 0 saturated heterocycles. The minimum absolute atomic E-state index is 0.0978. The Balaban J connectivity index is 1.92. The molecule has 0 unspecified atom stereocenters. The van der Waals surface area contributed by atoms with Crippen LogP contribution in [-0.4, -0.2) is 18.4 Å². The van der Waals surface area contributed by atoms with E-state index >= 15 is 0 Å². The third-order valence-corrected chi connectivity index (χ3v) is 4.62. The van der Waals surface area contributed by atoms with Crippen LogP contribution in [-0.2, 0) is 16.0 Å². The van der Waals surface area contributed by atoms with Crippen LogP contribution in [0.5, 0.6) is 0 Å². The molecule has 0 aliphatic heterocycles. The van der Waals surface area contributed by atoms with E-state index in [1.54, 1.807) is 24.3 Å². The summed E-state index contributed by atoms with van der Waals surface area (Å²) in [5.41, 5.74) is 3.94. The molecule has 0 fully saturated rings. The molecule has 2 aromatic carbocycles. The van der Waals surface area contributed by atoms with Gasteiger partial charge in [0, 0.05) is 24.3 Å². The molecule has 5 heteroatoms. The first-order valence-corrected chi connectivity index (χ1v) is 10.2. The molecule has 0 saturated carbocycles. The molecule has 0 aliphatic rings. The molecule has 156 valence electrons. The third kappa shape index (κ3) is 7.70. The average molecular weight is 396 g/mol. The largest absolute Gasteiger partial charge is 0.326 e. The molecule has 2 aromatic rings. The van der Waals surface area contributed by atoms with Crippen molar-refractivity contribution in [2.24, 2.45) is 11.8 Å². The van der Waals surface area contributed by atoms with E-state index in [9.17, 15) is 9.59 Å². The van der Waals surface area contributed by atoms with E-state index in [1.165, 1.54) is 18.1 Å². The summed E-state index contributed by atoms with van der Waals surface area (Å²) in [6, 6.07) is 15.9. The first-order chi connectivity index (χ1) is 13.7. The van der Waals surface area contributed by atoms with Gasteiger partial charge in [0.15, 0.2) is 0 Å². The van der Waals surface area contributed by atoms with Crippen molar-refractivity contribution in [3.8, 4) is 0 Å². The van der Waals surface area contributed by atoms with E-state index in [1.807, 2.05) is 0 Å². The molecule has 2 amide bonds. The van der Waals surface area contributed by atoms with Gasteiger partial charge in [-0.2, -0.15) is 0 Å². The molecular formula is C24H33N3O2. The van der Waals surface area contributed by atoms with Crippen LogP contribution in [0.2, 0.25) is 0 Å². The van der Waals surface area contributed by atoms with Crippen LogP contribution in [0.4, 0.5) is 11.4 Å². The molecule has 0 bridgehead atoms. The minimum atomic E-state index is -0.122. The molecule has 0 aromatic heterocycles. The SMILES string of the molecule is CC(=O)Nc1ccc(NC(=O)CN[C@@H](c2ccc(CC(C)C)cc2)C(C)C)cc1. The fourth-order valence-electron chi connectivity index (χ4n) is 3.32. The van der Waals surface area contributed by atoms with E-state index in [0.717, 1.165) is 6.42 Å². The Bertz CT molecular complexity index is 796. The van der Waals surface area contributed by atoms with Crippen molar-refractivity contribution >= 4 is 23.2 Å². The predicted molar refractivity (Wildman–Crippen MR) is 120 cm³/mol. The van der Waals surface area contributed by atoms with Gasteiger partial charge in [-0.3, -0.25) is 9.59 Å². The highest BCUT2D eigenvalue weighted by Crippen LogP contribution is 2.23. The number of carbonyl (C=O) groups is 2. The summed E-state index contributed by atoms with van der Waals surface area (Å²) >= 11 is 0. The molecule has 0 heterocycles. The Labute approximate surface area is 174 Å². The number of rotatable bonds is 9. The molecule has 2 rings (SSSR count). The van der Waals surface area contributed by atoms with E-state index in [0.29, 0.717) is 23.2 Å². The van der Waals surface area contributed by atoms with Gasteiger partial charge in [-0.25, -0.2) is 0 Å². The Morgan fingerprint density at radius 3 is 1.86 bits per heavy atom. The zero-order chi connectivity index (χ0) is 21.4. The van der Waals surface area contributed by atoms with Crippen molar-refractivity contribution in [3.63, 3.8) is 0 Å². The zero-order valence-corrected chi connectivity index (χ0v) is 18.1. The van der Waals surface area contributed by atoms with Gasteiger partial charge in [-0.05, 0) is 53.6 Å². The second-order valence-electron chi connectivity index (χ2n) is 8.25. The van der Waals surface area contributed by atoms with Crippen molar-refractivity contribution < 1.29 is 9.59 Å². The fraction of sp³-hybridized carbons (Fsp3) is 0.417. The number of hydrogen-bond donors (Lipinski definition) is 3. The Hall–Kier alpha value is -2.66. The lowest BCUT2D eigenvalue weighted by Gasteiger charge is -2.23. The van der Waals surface area contributed by atoms with Gasteiger partial charge in [0.1, 0.15) is 0 Å². The molecule has 0 radical (unpaired) electrons. The Morgan fingerprint density at radius 1 is 0.828 bits per heavy atom. The van der Waals surface area contributed by atoms with Crippen LogP contribution >= 0.6 is 0 Å². The second-order valence-corrected chi connectivity index (χ2v) is 8.25. The molecule has 29 heavy (non-hydrogen) atoms. The molecule has 0 spiro atoms. The lowest BCUT2D eigenvalue weighted by molar-refractivity contribution is -0.116. The van der Waals surface area contributed by atoms with Gasteiger partial charge in [0.25, 0.3) is 0 Å². The first-order valence-electron chi connectivity index (χ1n) is 10.2. The number of carbonyl (C=O) groups excluding carboxylic acids is 2. The fourth-order valence-corrected chi connectivity index (χ4v) is 3.32. The van der Waals surface area contributed by atoms with Crippen LogP contribution in [0.1, 0.15) is 51.8 Å². The van der Waals surface area contributed by atoms with Crippen molar-refractivity contribution in [2.75, 3.05) is 17.2 Å². The summed E-state index contributed by atoms with van der Waals surface area (Å²) < 4.78 is 0. The van der Waals surface area contributed by atoms with Crippen molar-refractivity contribution in [3.05, 3.63) is 59.7 Å². The van der Waals surface area contributed by atoms with Crippen LogP contribution in [0.15, 0.2) is 48.5 Å². The summed E-state index contributed by atoms with van der Waals surface area (Å²) in [5, 5.41) is 8.98. The average Bonchev–Trinajstić information content (AvgIpc) is 2.63. The number of benzene rings is 2. The maximum Gasteiger partial charge on any atom is 0.238 e. The maximum atomic E-state index is 12.4. The van der Waals surface area contributed by atoms with Gasteiger partial charge < -0.3 is 16.0 Å². The summed E-state index contributed by atoms with van der Waals surface area (Å²) in [6.45, 7) is 10.4. The van der Waals surface area contributed by atoms with Gasteiger partial charge in [0.2, 0.25) is 11.8 Å². The summed E-state index contributed by atoms with van der Waals surface area (Å²) in [4.78, 5) is 23.4. The number of hydrogen-bond acceptors (Lipinski definition) is 3. The topological polar surface area (TPSA) is 70.2 Å². The lowest BCUT2D eigenvalue weighted by Crippen LogP contribution is -2.33. The van der Waals surface area contributed by atoms with Crippen LogP contribution < -0.4 is 16.0 Å². The summed E-state index contributed by atoms with van der Waals surface area (Å²) in [6.07, 6.45) is 1.07. The highest BCUT2D eigenvalue weighted by atomic mass is 16.2. The standard InChI is InChI=1S/C24H33N3O2/c1-16(2)14-19-6-8-20(9-7-19)24(17(3)4)25-15-23(29)27-22-12-10-21(11-13-22)26-18(5)28/h6-13,16-17,24-25H,14-15H2,1-5H3,(H,26,28)(H,27,29)/t24-/m1/s1. The first kappa shape index (κ1) is 22.6. The number of amides is 2. The quantitative estimate of drug-likeness (QED) is 0.573. The van der Waals surface area contributed by atoms with Crippen LogP contribution in [0.25, 0.3) is 0 Å². The predicted octanol–water partition coefficient (Wildman–Crippen LogP) is 4.77. The number of anilines is 2. The van der Waals surface area contributed by atoms with Gasteiger partial charge >= 0.3 is 0 Å². The highest BCUT2D eigenvalue weighted by molar-refractivity contribution is 5.93. The summed E-state index contributed by atoms with van der Waals surface area (Å²) in [5.74, 6) is 0.772. The smallest absolute Gasteiger partial charge is 0.238 e. The van der Waals surface area contributed by atoms with E-state index in [4.69, 9.17) is 0 Å². The normalized spacial score (nSPS) is 12.1. The third-order valence-electron chi connectivity index (χ3n) is 4.62. The van der Waals surface area contributed by atoms with Crippen molar-refractivity contribution in [1.29, 1.82) is 0 Å².